The van der Waals surface area contributed by atoms with E-state index in [1.165, 1.54) is 0 Å². The van der Waals surface area contributed by atoms with Crippen LogP contribution in [0.2, 0.25) is 10.0 Å². The summed E-state index contributed by atoms with van der Waals surface area (Å²) in [5, 5.41) is 12.2. The topological polar surface area (TPSA) is 49.8 Å². The monoisotopic (exact) mass is 441 g/mol. The van der Waals surface area contributed by atoms with Crippen LogP contribution >= 0.6 is 30.6 Å². The maximum absolute atomic E-state index is 14.2. The Morgan fingerprint density at radius 1 is 1.04 bits per heavy atom. The zero-order valence-corrected chi connectivity index (χ0v) is 18.6. The molecule has 2 atom stereocenters. The van der Waals surface area contributed by atoms with Gasteiger partial charge in [0.2, 0.25) is 0 Å². The molecule has 1 aliphatic rings. The molecule has 0 saturated heterocycles. The summed E-state index contributed by atoms with van der Waals surface area (Å²) in [6.45, 7) is 0. The summed E-state index contributed by atoms with van der Waals surface area (Å²) < 4.78 is 20.3. The van der Waals surface area contributed by atoms with Crippen molar-refractivity contribution in [3.05, 3.63) is 58.1 Å². The second-order valence-electron chi connectivity index (χ2n) is 7.38. The third kappa shape index (κ3) is 4.58. The summed E-state index contributed by atoms with van der Waals surface area (Å²) in [6.07, 6.45) is 4.75. The predicted octanol–water partition coefficient (Wildman–Crippen LogP) is 6.00. The molecule has 2 aromatic carbocycles. The van der Waals surface area contributed by atoms with E-state index in [1.54, 1.807) is 30.3 Å². The van der Waals surface area contributed by atoms with Crippen molar-refractivity contribution in [3.63, 3.8) is 0 Å². The van der Waals surface area contributed by atoms with Crippen LogP contribution in [0.15, 0.2) is 42.5 Å². The highest BCUT2D eigenvalue weighted by Crippen LogP contribution is 2.61. The Hall–Kier alpha value is -1.03. The molecule has 1 aliphatic carbocycles. The number of rotatable bonds is 6. The number of benzene rings is 2. The van der Waals surface area contributed by atoms with E-state index in [4.69, 9.17) is 27.7 Å². The van der Waals surface area contributed by atoms with E-state index in [0.29, 0.717) is 5.30 Å². The fraction of sp³-hybridized carbons (Fsp3) is 0.429. The van der Waals surface area contributed by atoms with Crippen molar-refractivity contribution in [2.75, 3.05) is 19.0 Å². The lowest BCUT2D eigenvalue weighted by Crippen LogP contribution is -2.23. The Kier molecular flexibility index (Phi) is 7.12. The average Bonchev–Trinajstić information content (AvgIpc) is 2.68. The highest BCUT2D eigenvalue weighted by molar-refractivity contribution is 7.67. The Labute approximate surface area is 176 Å². The van der Waals surface area contributed by atoms with Gasteiger partial charge in [0.05, 0.1) is 6.10 Å². The molecule has 0 aliphatic heterocycles. The van der Waals surface area contributed by atoms with Gasteiger partial charge in [0, 0.05) is 40.7 Å². The van der Waals surface area contributed by atoms with Crippen LogP contribution in [0.4, 0.5) is 5.69 Å². The Balaban J connectivity index is 2.04. The van der Waals surface area contributed by atoms with Crippen LogP contribution in [0.1, 0.15) is 43.5 Å². The molecule has 0 bridgehead atoms. The van der Waals surface area contributed by atoms with Crippen LogP contribution in [0.3, 0.4) is 0 Å². The Morgan fingerprint density at radius 3 is 2.14 bits per heavy atom. The van der Waals surface area contributed by atoms with Crippen LogP contribution < -0.4 is 10.2 Å². The minimum atomic E-state index is -3.69. The van der Waals surface area contributed by atoms with E-state index < -0.39 is 13.2 Å². The molecule has 1 N–H and O–H groups in total. The lowest BCUT2D eigenvalue weighted by atomic mass is 9.98. The fourth-order valence-corrected chi connectivity index (χ4v) is 6.65. The smallest absolute Gasteiger partial charge is 0.264 e. The molecule has 1 fully saturated rings. The molecule has 7 heteroatoms. The van der Waals surface area contributed by atoms with Crippen molar-refractivity contribution >= 4 is 41.6 Å². The van der Waals surface area contributed by atoms with Gasteiger partial charge in [0.25, 0.3) is 7.37 Å². The second-order valence-corrected chi connectivity index (χ2v) is 10.6. The van der Waals surface area contributed by atoms with Crippen LogP contribution in [0, 0.1) is 0 Å². The van der Waals surface area contributed by atoms with Gasteiger partial charge in [0.15, 0.2) is 5.85 Å². The number of aliphatic hydroxyl groups is 1. The van der Waals surface area contributed by atoms with E-state index in [2.05, 4.69) is 0 Å². The van der Waals surface area contributed by atoms with Gasteiger partial charge < -0.3 is 14.5 Å². The normalized spacial score (nSPS) is 18.5. The number of anilines is 1. The van der Waals surface area contributed by atoms with E-state index >= 15 is 0 Å². The fourth-order valence-electron chi connectivity index (χ4n) is 3.54. The lowest BCUT2D eigenvalue weighted by molar-refractivity contribution is 0.137. The quantitative estimate of drug-likeness (QED) is 0.558. The van der Waals surface area contributed by atoms with E-state index in [1.807, 2.05) is 31.1 Å². The first-order valence-corrected chi connectivity index (χ1v) is 12.0. The summed E-state index contributed by atoms with van der Waals surface area (Å²) in [6, 6.07) is 12.2. The molecule has 3 rings (SSSR count). The minimum Gasteiger partial charge on any atom is -0.378 e. The highest BCUT2D eigenvalue weighted by Gasteiger charge is 2.40. The third-order valence-electron chi connectivity index (χ3n) is 5.16. The van der Waals surface area contributed by atoms with Gasteiger partial charge in [-0.3, -0.25) is 4.57 Å². The predicted molar refractivity (Wildman–Crippen MR) is 117 cm³/mol. The molecule has 0 unspecified atom stereocenters. The Morgan fingerprint density at radius 2 is 1.61 bits per heavy atom. The number of halogens is 2. The maximum Gasteiger partial charge on any atom is 0.264 e. The first-order chi connectivity index (χ1) is 13.3. The molecular formula is C21H26Cl2NO3P. The van der Waals surface area contributed by atoms with E-state index in [0.717, 1.165) is 37.8 Å². The van der Waals surface area contributed by atoms with Gasteiger partial charge in [-0.25, -0.2) is 0 Å². The SMILES string of the molecule is CN(C)c1ccc([P@@](=O)(OC2CCCCC2)[C@H](O)c2c(Cl)cccc2Cl)cc1. The minimum absolute atomic E-state index is 0.149. The molecule has 152 valence electrons. The molecule has 0 spiro atoms. The summed E-state index contributed by atoms with van der Waals surface area (Å²) in [5.74, 6) is -1.43. The van der Waals surface area contributed by atoms with Crippen molar-refractivity contribution in [3.8, 4) is 0 Å². The largest absolute Gasteiger partial charge is 0.378 e. The summed E-state index contributed by atoms with van der Waals surface area (Å²) in [5.41, 5.74) is 1.22. The van der Waals surface area contributed by atoms with E-state index in [9.17, 15) is 9.67 Å². The molecule has 28 heavy (non-hydrogen) atoms. The first kappa shape index (κ1) is 21.7. The highest BCUT2D eigenvalue weighted by atomic mass is 35.5. The zero-order valence-electron chi connectivity index (χ0n) is 16.1. The molecular weight excluding hydrogens is 416 g/mol. The zero-order chi connectivity index (χ0) is 20.3. The van der Waals surface area contributed by atoms with Gasteiger partial charge in [-0.1, -0.05) is 48.5 Å². The summed E-state index contributed by atoms with van der Waals surface area (Å²) >= 11 is 12.6. The van der Waals surface area contributed by atoms with Crippen LogP contribution in [-0.4, -0.2) is 25.3 Å². The van der Waals surface area contributed by atoms with Crippen molar-refractivity contribution in [2.24, 2.45) is 0 Å². The maximum atomic E-state index is 14.2. The van der Waals surface area contributed by atoms with Crippen LogP contribution in [0.5, 0.6) is 0 Å². The lowest BCUT2D eigenvalue weighted by Gasteiger charge is -2.31. The van der Waals surface area contributed by atoms with Crippen molar-refractivity contribution < 1.29 is 14.2 Å². The molecule has 4 nitrogen and oxygen atoms in total. The van der Waals surface area contributed by atoms with Crippen molar-refractivity contribution in [1.82, 2.24) is 0 Å². The second kappa shape index (κ2) is 9.19. The Bertz CT molecular complexity index is 831. The number of hydrogen-bond donors (Lipinski definition) is 1. The number of aliphatic hydroxyl groups excluding tert-OH is 1. The van der Waals surface area contributed by atoms with Gasteiger partial charge >= 0.3 is 0 Å². The van der Waals surface area contributed by atoms with Gasteiger partial charge in [-0.15, -0.1) is 0 Å². The van der Waals surface area contributed by atoms with Crippen molar-refractivity contribution in [2.45, 2.75) is 44.1 Å². The number of hydrogen-bond acceptors (Lipinski definition) is 4. The molecule has 2 aromatic rings. The van der Waals surface area contributed by atoms with Gasteiger partial charge in [0.1, 0.15) is 0 Å². The molecule has 0 radical (unpaired) electrons. The van der Waals surface area contributed by atoms with E-state index in [-0.39, 0.29) is 21.7 Å². The molecule has 1 saturated carbocycles. The van der Waals surface area contributed by atoms with Crippen LogP contribution in [-0.2, 0) is 9.09 Å². The summed E-state index contributed by atoms with van der Waals surface area (Å²) in [7, 11) is 0.183. The first-order valence-electron chi connectivity index (χ1n) is 9.51. The molecule has 0 aromatic heterocycles. The number of nitrogens with zero attached hydrogens (tertiary/aromatic N) is 1. The van der Waals surface area contributed by atoms with Crippen LogP contribution in [0.25, 0.3) is 0 Å². The van der Waals surface area contributed by atoms with Gasteiger partial charge in [-0.05, 0) is 49.2 Å². The van der Waals surface area contributed by atoms with Gasteiger partial charge in [-0.2, -0.15) is 0 Å². The summed E-state index contributed by atoms with van der Waals surface area (Å²) in [4.78, 5) is 1.96. The third-order valence-corrected chi connectivity index (χ3v) is 8.35. The van der Waals surface area contributed by atoms with Crippen molar-refractivity contribution in [1.29, 1.82) is 0 Å². The standard InChI is InChI=1S/C21H26Cl2NO3P/c1-24(2)15-11-13-17(14-12-15)28(26,27-16-7-4-3-5-8-16)21(25)20-18(22)9-6-10-19(20)23/h6,9-14,16,21,25H,3-5,7-8H2,1-2H3/t21-,28+/m0/s1. The molecule has 0 heterocycles. The molecule has 0 amide bonds. The average molecular weight is 442 g/mol.